The summed E-state index contributed by atoms with van der Waals surface area (Å²) in [6.07, 6.45) is 3.21. The van der Waals surface area contributed by atoms with Crippen molar-refractivity contribution in [1.82, 2.24) is 15.3 Å². The zero-order valence-corrected chi connectivity index (χ0v) is 10.8. The maximum Gasteiger partial charge on any atom is 0.126 e. The molecule has 0 fully saturated rings. The van der Waals surface area contributed by atoms with E-state index in [2.05, 4.69) is 22.2 Å². The molecule has 0 atom stereocenters. The first-order valence-corrected chi connectivity index (χ1v) is 6.36. The monoisotopic (exact) mass is 265 g/mol. The van der Waals surface area contributed by atoms with Gasteiger partial charge in [-0.3, -0.25) is 0 Å². The minimum absolute atomic E-state index is 0.391. The summed E-state index contributed by atoms with van der Waals surface area (Å²) in [7, 11) is 0. The lowest BCUT2D eigenvalue weighted by Crippen LogP contribution is -2.13. The first kappa shape index (κ1) is 13.7. The second-order valence-electron chi connectivity index (χ2n) is 4.49. The standard InChI is InChI=1S/C14H17F2N3/c1-2-3-17-8-13-9-18-14(19-13)6-10-4-11(15)7-12(16)5-10/h4-5,7,9,17H,2-3,6,8H2,1H3,(H,18,19). The zero-order valence-electron chi connectivity index (χ0n) is 10.8. The van der Waals surface area contributed by atoms with Gasteiger partial charge in [-0.15, -0.1) is 0 Å². The van der Waals surface area contributed by atoms with Crippen LogP contribution in [-0.4, -0.2) is 16.5 Å². The van der Waals surface area contributed by atoms with Crippen LogP contribution >= 0.6 is 0 Å². The molecule has 0 radical (unpaired) electrons. The topological polar surface area (TPSA) is 40.7 Å². The van der Waals surface area contributed by atoms with Crippen LogP contribution in [0.25, 0.3) is 0 Å². The van der Waals surface area contributed by atoms with Crippen LogP contribution in [0, 0.1) is 11.6 Å². The SMILES string of the molecule is CCCNCc1cnc(Cc2cc(F)cc(F)c2)[nH]1. The summed E-state index contributed by atoms with van der Waals surface area (Å²) in [5, 5.41) is 3.26. The highest BCUT2D eigenvalue weighted by Crippen LogP contribution is 2.11. The van der Waals surface area contributed by atoms with E-state index >= 15 is 0 Å². The molecular formula is C14H17F2N3. The van der Waals surface area contributed by atoms with Gasteiger partial charge >= 0.3 is 0 Å². The third kappa shape index (κ3) is 4.13. The van der Waals surface area contributed by atoms with E-state index in [0.717, 1.165) is 31.3 Å². The zero-order chi connectivity index (χ0) is 13.7. The Morgan fingerprint density at radius 2 is 1.95 bits per heavy atom. The van der Waals surface area contributed by atoms with E-state index in [1.165, 1.54) is 12.1 Å². The van der Waals surface area contributed by atoms with Crippen LogP contribution in [0.15, 0.2) is 24.4 Å². The average Bonchev–Trinajstić information content (AvgIpc) is 2.76. The lowest BCUT2D eigenvalue weighted by atomic mass is 10.1. The third-order valence-electron chi connectivity index (χ3n) is 2.72. The van der Waals surface area contributed by atoms with Crippen molar-refractivity contribution in [2.24, 2.45) is 0 Å². The molecule has 1 heterocycles. The number of nitrogens with one attached hydrogen (secondary N) is 2. The lowest BCUT2D eigenvalue weighted by Gasteiger charge is -2.01. The lowest BCUT2D eigenvalue weighted by molar-refractivity contribution is 0.580. The van der Waals surface area contributed by atoms with Gasteiger partial charge in [-0.1, -0.05) is 6.92 Å². The van der Waals surface area contributed by atoms with Crippen molar-refractivity contribution in [2.45, 2.75) is 26.3 Å². The summed E-state index contributed by atoms with van der Waals surface area (Å²) in [4.78, 5) is 7.35. The van der Waals surface area contributed by atoms with Gasteiger partial charge in [-0.25, -0.2) is 13.8 Å². The molecular weight excluding hydrogens is 248 g/mol. The van der Waals surface area contributed by atoms with Crippen LogP contribution in [0.5, 0.6) is 0 Å². The number of rotatable bonds is 6. The number of H-pyrrole nitrogens is 1. The minimum atomic E-state index is -0.564. The maximum atomic E-state index is 13.1. The van der Waals surface area contributed by atoms with E-state index in [4.69, 9.17) is 0 Å². The predicted molar refractivity (Wildman–Crippen MR) is 69.7 cm³/mol. The molecule has 19 heavy (non-hydrogen) atoms. The molecule has 1 aromatic heterocycles. The largest absolute Gasteiger partial charge is 0.345 e. The normalized spacial score (nSPS) is 10.9. The van der Waals surface area contributed by atoms with Crippen LogP contribution in [0.3, 0.4) is 0 Å². The van der Waals surface area contributed by atoms with Gasteiger partial charge in [0.2, 0.25) is 0 Å². The Bertz CT molecular complexity index is 517. The van der Waals surface area contributed by atoms with E-state index in [-0.39, 0.29) is 0 Å². The van der Waals surface area contributed by atoms with Crippen molar-refractivity contribution in [3.63, 3.8) is 0 Å². The number of hydrogen-bond acceptors (Lipinski definition) is 2. The summed E-state index contributed by atoms with van der Waals surface area (Å²) < 4.78 is 26.1. The van der Waals surface area contributed by atoms with Crippen molar-refractivity contribution in [2.75, 3.05) is 6.54 Å². The molecule has 0 spiro atoms. The molecule has 102 valence electrons. The summed E-state index contributed by atoms with van der Waals surface area (Å²) in [6.45, 7) is 3.77. The van der Waals surface area contributed by atoms with E-state index < -0.39 is 11.6 Å². The number of hydrogen-bond donors (Lipinski definition) is 2. The predicted octanol–water partition coefficient (Wildman–Crippen LogP) is 2.78. The van der Waals surface area contributed by atoms with Crippen LogP contribution in [-0.2, 0) is 13.0 Å². The molecule has 0 aliphatic carbocycles. The van der Waals surface area contributed by atoms with Gasteiger partial charge in [0.25, 0.3) is 0 Å². The second kappa shape index (κ2) is 6.43. The number of nitrogens with zero attached hydrogens (tertiary/aromatic N) is 1. The fourth-order valence-corrected chi connectivity index (χ4v) is 1.89. The first-order valence-electron chi connectivity index (χ1n) is 6.36. The van der Waals surface area contributed by atoms with Gasteiger partial charge in [0.15, 0.2) is 0 Å². The quantitative estimate of drug-likeness (QED) is 0.788. The molecule has 5 heteroatoms. The third-order valence-corrected chi connectivity index (χ3v) is 2.72. The molecule has 0 unspecified atom stereocenters. The van der Waals surface area contributed by atoms with Crippen LogP contribution in [0.4, 0.5) is 8.78 Å². The van der Waals surface area contributed by atoms with Crippen molar-refractivity contribution < 1.29 is 8.78 Å². The number of aromatic nitrogens is 2. The van der Waals surface area contributed by atoms with Gasteiger partial charge in [0.1, 0.15) is 17.5 Å². The van der Waals surface area contributed by atoms with Gasteiger partial charge in [0, 0.05) is 30.9 Å². The number of aromatic amines is 1. The van der Waals surface area contributed by atoms with Crippen molar-refractivity contribution in [3.05, 3.63) is 53.1 Å². The molecule has 0 bridgehead atoms. The minimum Gasteiger partial charge on any atom is -0.345 e. The highest BCUT2D eigenvalue weighted by molar-refractivity contribution is 5.21. The molecule has 0 amide bonds. The fourth-order valence-electron chi connectivity index (χ4n) is 1.89. The van der Waals surface area contributed by atoms with E-state index in [1.807, 2.05) is 0 Å². The van der Waals surface area contributed by atoms with E-state index in [9.17, 15) is 8.78 Å². The molecule has 2 rings (SSSR count). The van der Waals surface area contributed by atoms with Crippen LogP contribution < -0.4 is 5.32 Å². The van der Waals surface area contributed by atoms with Gasteiger partial charge in [-0.2, -0.15) is 0 Å². The molecule has 2 N–H and O–H groups in total. The van der Waals surface area contributed by atoms with E-state index in [1.54, 1.807) is 6.20 Å². The number of imidazole rings is 1. The summed E-state index contributed by atoms with van der Waals surface area (Å²) in [6, 6.07) is 3.51. The van der Waals surface area contributed by atoms with Crippen LogP contribution in [0.1, 0.15) is 30.4 Å². The van der Waals surface area contributed by atoms with Gasteiger partial charge in [-0.05, 0) is 30.7 Å². The van der Waals surface area contributed by atoms with Gasteiger partial charge < -0.3 is 10.3 Å². The maximum absolute atomic E-state index is 13.1. The highest BCUT2D eigenvalue weighted by Gasteiger charge is 2.05. The van der Waals surface area contributed by atoms with E-state index in [0.29, 0.717) is 17.8 Å². The molecule has 0 aliphatic heterocycles. The Balaban J connectivity index is 1.99. The Kier molecular flexibility index (Phi) is 4.63. The molecule has 1 aromatic carbocycles. The Hall–Kier alpha value is -1.75. The Labute approximate surface area is 111 Å². The first-order chi connectivity index (χ1) is 9.17. The van der Waals surface area contributed by atoms with Crippen molar-refractivity contribution in [1.29, 1.82) is 0 Å². The van der Waals surface area contributed by atoms with Gasteiger partial charge in [0.05, 0.1) is 0 Å². The number of benzene rings is 1. The average molecular weight is 265 g/mol. The number of halogens is 2. The summed E-state index contributed by atoms with van der Waals surface area (Å²) >= 11 is 0. The molecule has 2 aromatic rings. The Morgan fingerprint density at radius 3 is 2.63 bits per heavy atom. The fraction of sp³-hybridized carbons (Fsp3) is 0.357. The molecule has 0 aliphatic rings. The van der Waals surface area contributed by atoms with Crippen LogP contribution in [0.2, 0.25) is 0 Å². The Morgan fingerprint density at radius 1 is 1.21 bits per heavy atom. The highest BCUT2D eigenvalue weighted by atomic mass is 19.1. The smallest absolute Gasteiger partial charge is 0.126 e. The molecule has 3 nitrogen and oxygen atoms in total. The summed E-state index contributed by atoms with van der Waals surface area (Å²) in [5.41, 5.74) is 1.54. The molecule has 0 saturated heterocycles. The molecule has 0 saturated carbocycles. The van der Waals surface area contributed by atoms with Crippen molar-refractivity contribution in [3.8, 4) is 0 Å². The van der Waals surface area contributed by atoms with Crippen molar-refractivity contribution >= 4 is 0 Å². The summed E-state index contributed by atoms with van der Waals surface area (Å²) in [5.74, 6) is -0.420. The second-order valence-corrected chi connectivity index (χ2v) is 4.49.